The number of hydrogen-bond donors (Lipinski definition) is 1. The maximum absolute atomic E-state index is 13.7. The average molecular weight is 597 g/mol. The summed E-state index contributed by atoms with van der Waals surface area (Å²) in [5, 5.41) is 2.93. The molecule has 0 unspecified atom stereocenters. The summed E-state index contributed by atoms with van der Waals surface area (Å²) < 4.78 is 16.2. The number of amides is 1. The predicted octanol–water partition coefficient (Wildman–Crippen LogP) is 6.62. The number of benzene rings is 4. The van der Waals surface area contributed by atoms with E-state index < -0.39 is 12.0 Å². The third-order valence-electron chi connectivity index (χ3n) is 7.48. The van der Waals surface area contributed by atoms with Crippen molar-refractivity contribution < 1.29 is 23.8 Å². The fourth-order valence-electron chi connectivity index (χ4n) is 5.19. The van der Waals surface area contributed by atoms with E-state index in [9.17, 15) is 9.59 Å². The van der Waals surface area contributed by atoms with Gasteiger partial charge in [-0.05, 0) is 77.4 Å². The van der Waals surface area contributed by atoms with E-state index in [4.69, 9.17) is 14.2 Å². The number of rotatable bonds is 12. The zero-order chi connectivity index (χ0) is 30.2. The van der Waals surface area contributed by atoms with Crippen molar-refractivity contribution in [3.8, 4) is 22.6 Å². The van der Waals surface area contributed by atoms with Crippen LogP contribution in [0.15, 0.2) is 91.0 Å². The van der Waals surface area contributed by atoms with E-state index in [2.05, 4.69) is 28.4 Å². The molecule has 1 N–H and O–H groups in total. The van der Waals surface area contributed by atoms with Crippen LogP contribution in [-0.4, -0.2) is 43.8 Å². The van der Waals surface area contributed by atoms with E-state index in [1.54, 1.807) is 11.8 Å². The molecule has 43 heavy (non-hydrogen) atoms. The van der Waals surface area contributed by atoms with Gasteiger partial charge in [-0.2, -0.15) is 11.8 Å². The summed E-state index contributed by atoms with van der Waals surface area (Å²) in [6, 6.07) is 29.5. The molecule has 0 spiro atoms. The van der Waals surface area contributed by atoms with Crippen molar-refractivity contribution in [2.75, 3.05) is 30.8 Å². The van der Waals surface area contributed by atoms with Crippen molar-refractivity contribution in [1.82, 2.24) is 5.32 Å². The molecule has 1 heterocycles. The first-order valence-electron chi connectivity index (χ1n) is 14.2. The molecule has 5 rings (SSSR count). The highest BCUT2D eigenvalue weighted by Crippen LogP contribution is 2.37. The Morgan fingerprint density at radius 3 is 2.40 bits per heavy atom. The van der Waals surface area contributed by atoms with Gasteiger partial charge in [0.15, 0.2) is 11.5 Å². The van der Waals surface area contributed by atoms with E-state index >= 15 is 0 Å². The first-order chi connectivity index (χ1) is 21.0. The Morgan fingerprint density at radius 1 is 0.884 bits per heavy atom. The SMILES string of the molecule is COC(=O)[C@H](CCSC)NC(=O)c1ccc(CN(Cc2ccccc2)c2ccc3c(c2)OCO3)cc1-c1ccccc1C. The van der Waals surface area contributed by atoms with Crippen molar-refractivity contribution >= 4 is 29.3 Å². The van der Waals surface area contributed by atoms with Crippen LogP contribution < -0.4 is 19.7 Å². The Bertz CT molecular complexity index is 1580. The van der Waals surface area contributed by atoms with Crippen LogP contribution in [0.4, 0.5) is 5.69 Å². The van der Waals surface area contributed by atoms with E-state index in [0.29, 0.717) is 25.1 Å². The molecule has 8 heteroatoms. The van der Waals surface area contributed by atoms with Crippen LogP contribution in [-0.2, 0) is 22.6 Å². The summed E-state index contributed by atoms with van der Waals surface area (Å²) in [7, 11) is 1.34. The first kappa shape index (κ1) is 30.0. The molecule has 0 aliphatic carbocycles. The van der Waals surface area contributed by atoms with Gasteiger partial charge in [0.05, 0.1) is 7.11 Å². The molecular formula is C35H36N2O5S. The quantitative estimate of drug-likeness (QED) is 0.184. The number of anilines is 1. The van der Waals surface area contributed by atoms with Crippen LogP contribution >= 0.6 is 11.8 Å². The molecule has 0 saturated carbocycles. The molecule has 0 bridgehead atoms. The molecule has 1 aliphatic heterocycles. The minimum absolute atomic E-state index is 0.217. The van der Waals surface area contributed by atoms with Gasteiger partial charge < -0.3 is 24.4 Å². The van der Waals surface area contributed by atoms with Gasteiger partial charge in [-0.25, -0.2) is 4.79 Å². The highest BCUT2D eigenvalue weighted by atomic mass is 32.2. The maximum Gasteiger partial charge on any atom is 0.328 e. The van der Waals surface area contributed by atoms with Gasteiger partial charge in [-0.1, -0.05) is 60.7 Å². The van der Waals surface area contributed by atoms with E-state index in [-0.39, 0.29) is 12.7 Å². The molecule has 222 valence electrons. The Labute approximate surface area is 257 Å². The lowest BCUT2D eigenvalue weighted by atomic mass is 9.93. The van der Waals surface area contributed by atoms with Crippen molar-refractivity contribution in [1.29, 1.82) is 0 Å². The van der Waals surface area contributed by atoms with Gasteiger partial charge in [0, 0.05) is 30.4 Å². The second-order valence-electron chi connectivity index (χ2n) is 10.4. The highest BCUT2D eigenvalue weighted by Gasteiger charge is 2.24. The van der Waals surface area contributed by atoms with E-state index in [0.717, 1.165) is 45.2 Å². The maximum atomic E-state index is 13.7. The minimum Gasteiger partial charge on any atom is -0.467 e. The summed E-state index contributed by atoms with van der Waals surface area (Å²) in [5.74, 6) is 1.43. The average Bonchev–Trinajstić information content (AvgIpc) is 3.51. The fraction of sp³-hybridized carbons (Fsp3) is 0.257. The normalized spacial score (nSPS) is 12.4. The first-order valence-corrected chi connectivity index (χ1v) is 15.6. The summed E-state index contributed by atoms with van der Waals surface area (Å²) in [5.41, 5.74) is 6.55. The third-order valence-corrected chi connectivity index (χ3v) is 8.12. The molecule has 1 atom stereocenters. The van der Waals surface area contributed by atoms with E-state index in [1.165, 1.54) is 12.7 Å². The largest absolute Gasteiger partial charge is 0.467 e. The van der Waals surface area contributed by atoms with Crippen molar-refractivity contribution in [3.05, 3.63) is 113 Å². The smallest absolute Gasteiger partial charge is 0.328 e. The Balaban J connectivity index is 1.50. The lowest BCUT2D eigenvalue weighted by Crippen LogP contribution is -2.42. The lowest BCUT2D eigenvalue weighted by molar-refractivity contribution is -0.142. The number of carbonyl (C=O) groups is 2. The number of ether oxygens (including phenoxy) is 3. The highest BCUT2D eigenvalue weighted by molar-refractivity contribution is 7.98. The summed E-state index contributed by atoms with van der Waals surface area (Å²) in [6.07, 6.45) is 2.46. The zero-order valence-electron chi connectivity index (χ0n) is 24.7. The summed E-state index contributed by atoms with van der Waals surface area (Å²) in [6.45, 7) is 3.52. The van der Waals surface area contributed by atoms with Crippen molar-refractivity contribution in [3.63, 3.8) is 0 Å². The van der Waals surface area contributed by atoms with Gasteiger partial charge in [0.25, 0.3) is 5.91 Å². The molecule has 0 fully saturated rings. The summed E-state index contributed by atoms with van der Waals surface area (Å²) >= 11 is 1.62. The van der Waals surface area contributed by atoms with Crippen LogP contribution in [0.25, 0.3) is 11.1 Å². The lowest BCUT2D eigenvalue weighted by Gasteiger charge is -2.26. The second-order valence-corrected chi connectivity index (χ2v) is 11.4. The Morgan fingerprint density at radius 2 is 1.63 bits per heavy atom. The minimum atomic E-state index is -0.721. The Kier molecular flexibility index (Phi) is 9.89. The molecule has 4 aromatic carbocycles. The van der Waals surface area contributed by atoms with E-state index in [1.807, 2.05) is 86.0 Å². The number of carbonyl (C=O) groups excluding carboxylic acids is 2. The van der Waals surface area contributed by atoms with Gasteiger partial charge in [-0.3, -0.25) is 4.79 Å². The van der Waals surface area contributed by atoms with Gasteiger partial charge >= 0.3 is 5.97 Å². The van der Waals surface area contributed by atoms with Crippen LogP contribution in [0.2, 0.25) is 0 Å². The zero-order valence-corrected chi connectivity index (χ0v) is 25.5. The van der Waals surface area contributed by atoms with Gasteiger partial charge in [0.2, 0.25) is 6.79 Å². The van der Waals surface area contributed by atoms with Crippen molar-refractivity contribution in [2.45, 2.75) is 32.5 Å². The molecule has 0 saturated heterocycles. The van der Waals surface area contributed by atoms with Crippen molar-refractivity contribution in [2.24, 2.45) is 0 Å². The number of methoxy groups -OCH3 is 1. The molecule has 0 aromatic heterocycles. The number of thioether (sulfide) groups is 1. The standard InChI is InChI=1S/C35H36N2O5S/c1-24-9-7-8-12-28(24)30-19-26(13-15-29(30)34(38)36-31(17-18-43-3)35(39)40-2)22-37(21-25-10-5-4-6-11-25)27-14-16-32-33(20-27)42-23-41-32/h4-16,19-20,31H,17-18,21-23H2,1-3H3,(H,36,38)/t31-/m0/s1. The number of hydrogen-bond acceptors (Lipinski definition) is 7. The number of nitrogens with one attached hydrogen (secondary N) is 1. The number of aryl methyl sites for hydroxylation is 1. The molecule has 1 aliphatic rings. The topological polar surface area (TPSA) is 77.1 Å². The van der Waals surface area contributed by atoms with Gasteiger partial charge in [0.1, 0.15) is 6.04 Å². The number of esters is 1. The Hall–Kier alpha value is -4.43. The second kappa shape index (κ2) is 14.2. The monoisotopic (exact) mass is 596 g/mol. The third kappa shape index (κ3) is 7.32. The number of fused-ring (bicyclic) bond motifs is 1. The number of nitrogens with zero attached hydrogens (tertiary/aromatic N) is 1. The summed E-state index contributed by atoms with van der Waals surface area (Å²) in [4.78, 5) is 28.4. The molecule has 4 aromatic rings. The van der Waals surface area contributed by atoms with Crippen LogP contribution in [0.1, 0.15) is 33.5 Å². The van der Waals surface area contributed by atoms with Gasteiger partial charge in [-0.15, -0.1) is 0 Å². The molecule has 1 amide bonds. The molecule has 7 nitrogen and oxygen atoms in total. The molecule has 0 radical (unpaired) electrons. The van der Waals surface area contributed by atoms with Crippen LogP contribution in [0, 0.1) is 6.92 Å². The van der Waals surface area contributed by atoms with Crippen LogP contribution in [0.5, 0.6) is 11.5 Å². The molecular weight excluding hydrogens is 560 g/mol. The van der Waals surface area contributed by atoms with Crippen LogP contribution in [0.3, 0.4) is 0 Å². The predicted molar refractivity (Wildman–Crippen MR) is 172 cm³/mol. The fourth-order valence-corrected chi connectivity index (χ4v) is 5.66.